The number of aliphatic hydroxyl groups is 1. The standard InChI is InChI=1S/C18H21O.C5H5.Fe/c19-18(17-13-8-9-14-17)15-7-2-1-4-10-16-11-5-3-6-12-16;1-2-4-5-3-1;/h3-6,8-14,18-19H,1-2,7,15H2;1-5H;/q;;+2/b10-4+;;. The van der Waals surface area contributed by atoms with Crippen molar-refractivity contribution in [2.24, 2.45) is 0 Å². The van der Waals surface area contributed by atoms with E-state index in [1.807, 2.05) is 63.9 Å². The van der Waals surface area contributed by atoms with Crippen LogP contribution in [0, 0.1) is 63.7 Å². The predicted octanol–water partition coefficient (Wildman–Crippen LogP) is 5.05. The molecule has 1 N–H and O–H groups in total. The maximum atomic E-state index is 9.93. The molecule has 1 nitrogen and oxygen atoms in total. The molecule has 0 heterocycles. The Balaban J connectivity index is 0.000000448. The van der Waals surface area contributed by atoms with Crippen LogP contribution < -0.4 is 0 Å². The Hall–Kier alpha value is -0.561. The Bertz CT molecular complexity index is 425. The third kappa shape index (κ3) is 10.2. The number of unbranched alkanes of at least 4 members (excludes halogenated alkanes) is 2. The molecule has 0 saturated heterocycles. The number of rotatable bonds is 7. The Kier molecular flexibility index (Phi) is 13.1. The molecule has 0 amide bonds. The summed E-state index contributed by atoms with van der Waals surface area (Å²) >= 11 is 0. The van der Waals surface area contributed by atoms with Crippen LogP contribution in [-0.4, -0.2) is 11.2 Å². The normalized spacial score (nSPS) is 18.6. The van der Waals surface area contributed by atoms with Gasteiger partial charge in [0.15, 0.2) is 0 Å². The average Bonchev–Trinajstić information content (AvgIpc) is 3.35. The molecule has 130 valence electrons. The van der Waals surface area contributed by atoms with Crippen LogP contribution in [0.2, 0.25) is 0 Å². The van der Waals surface area contributed by atoms with E-state index in [1.165, 1.54) is 5.56 Å². The van der Waals surface area contributed by atoms with Crippen LogP contribution in [0.3, 0.4) is 0 Å². The summed E-state index contributed by atoms with van der Waals surface area (Å²) in [6.07, 6.45) is 26.1. The number of allylic oxidation sites excluding steroid dienone is 1. The molecule has 2 heteroatoms. The van der Waals surface area contributed by atoms with Crippen LogP contribution >= 0.6 is 0 Å². The van der Waals surface area contributed by atoms with Crippen LogP contribution in [0.4, 0.5) is 0 Å². The second kappa shape index (κ2) is 14.6. The van der Waals surface area contributed by atoms with Crippen LogP contribution in [0.15, 0.2) is 36.4 Å². The summed E-state index contributed by atoms with van der Waals surface area (Å²) in [7, 11) is 0. The van der Waals surface area contributed by atoms with E-state index in [0.717, 1.165) is 31.6 Å². The quantitative estimate of drug-likeness (QED) is 0.523. The summed E-state index contributed by atoms with van der Waals surface area (Å²) in [6, 6.07) is 10.3. The van der Waals surface area contributed by atoms with E-state index in [0.29, 0.717) is 0 Å². The Labute approximate surface area is 165 Å². The SMILES string of the molecule is OC(CCCC/C=C/c1ccccc1)[C]1[CH][CH][CH][CH]1.[CH]1[CH][CH][CH][CH]1.[Fe+2]. The van der Waals surface area contributed by atoms with Gasteiger partial charge in [0.2, 0.25) is 0 Å². The van der Waals surface area contributed by atoms with E-state index >= 15 is 0 Å². The summed E-state index contributed by atoms with van der Waals surface area (Å²) in [5.74, 6) is 1.04. The zero-order chi connectivity index (χ0) is 16.9. The van der Waals surface area contributed by atoms with Gasteiger partial charge in [-0.25, -0.2) is 0 Å². The number of aliphatic hydroxyl groups excluding tert-OH is 1. The Morgan fingerprint density at radius 1 is 0.800 bits per heavy atom. The van der Waals surface area contributed by atoms with E-state index in [4.69, 9.17) is 0 Å². The van der Waals surface area contributed by atoms with Gasteiger partial charge in [-0.2, -0.15) is 0 Å². The molecule has 3 rings (SSSR count). The smallest absolute Gasteiger partial charge is 0.393 e. The van der Waals surface area contributed by atoms with Crippen molar-refractivity contribution in [2.75, 3.05) is 0 Å². The van der Waals surface area contributed by atoms with E-state index < -0.39 is 0 Å². The summed E-state index contributed by atoms with van der Waals surface area (Å²) in [5.41, 5.74) is 1.25. The first-order valence-electron chi connectivity index (χ1n) is 8.64. The monoisotopic (exact) mass is 374 g/mol. The largest absolute Gasteiger partial charge is 2.00 e. The minimum atomic E-state index is -0.298. The van der Waals surface area contributed by atoms with Crippen LogP contribution in [0.25, 0.3) is 6.08 Å². The van der Waals surface area contributed by atoms with Crippen molar-refractivity contribution in [1.29, 1.82) is 0 Å². The van der Waals surface area contributed by atoms with Crippen LogP contribution in [-0.2, 0) is 17.1 Å². The van der Waals surface area contributed by atoms with Crippen molar-refractivity contribution < 1.29 is 22.2 Å². The second-order valence-corrected chi connectivity index (χ2v) is 5.79. The van der Waals surface area contributed by atoms with E-state index in [2.05, 4.69) is 36.4 Å². The molecular formula is C23H26FeO+2. The minimum absolute atomic E-state index is 0. The van der Waals surface area contributed by atoms with Gasteiger partial charge in [-0.3, -0.25) is 0 Å². The van der Waals surface area contributed by atoms with Gasteiger partial charge in [-0.05, 0) is 82.6 Å². The molecule has 1 aromatic carbocycles. The van der Waals surface area contributed by atoms with Crippen molar-refractivity contribution >= 4 is 6.08 Å². The van der Waals surface area contributed by atoms with E-state index in [-0.39, 0.29) is 23.2 Å². The molecule has 1 atom stereocenters. The Morgan fingerprint density at radius 3 is 2.00 bits per heavy atom. The zero-order valence-corrected chi connectivity index (χ0v) is 15.5. The first kappa shape index (κ1) is 22.5. The molecule has 2 saturated carbocycles. The molecule has 0 spiro atoms. The minimum Gasteiger partial charge on any atom is -0.393 e. The molecule has 2 fully saturated rings. The molecule has 0 aliphatic heterocycles. The second-order valence-electron chi connectivity index (χ2n) is 5.79. The summed E-state index contributed by atoms with van der Waals surface area (Å²) < 4.78 is 0. The van der Waals surface area contributed by atoms with Gasteiger partial charge in [0, 0.05) is 5.92 Å². The molecule has 0 aromatic heterocycles. The number of benzene rings is 1. The predicted molar refractivity (Wildman–Crippen MR) is 102 cm³/mol. The molecular weight excluding hydrogens is 348 g/mol. The first-order chi connectivity index (χ1) is 11.9. The molecule has 25 heavy (non-hydrogen) atoms. The fourth-order valence-electron chi connectivity index (χ4n) is 2.48. The van der Waals surface area contributed by atoms with E-state index in [9.17, 15) is 5.11 Å². The third-order valence-corrected chi connectivity index (χ3v) is 3.84. The molecule has 10 radical (unpaired) electrons. The van der Waals surface area contributed by atoms with Gasteiger partial charge in [-0.1, -0.05) is 48.9 Å². The van der Waals surface area contributed by atoms with Crippen molar-refractivity contribution in [1.82, 2.24) is 0 Å². The maximum absolute atomic E-state index is 9.93. The summed E-state index contributed by atoms with van der Waals surface area (Å²) in [4.78, 5) is 0. The number of hydrogen-bond acceptors (Lipinski definition) is 1. The molecule has 2 aliphatic rings. The molecule has 2 aliphatic carbocycles. The first-order valence-corrected chi connectivity index (χ1v) is 8.64. The van der Waals surface area contributed by atoms with Gasteiger partial charge in [0.1, 0.15) is 0 Å². The molecule has 1 unspecified atom stereocenters. The van der Waals surface area contributed by atoms with Gasteiger partial charge in [-0.15, -0.1) is 0 Å². The van der Waals surface area contributed by atoms with Crippen LogP contribution in [0.5, 0.6) is 0 Å². The number of hydrogen-bond donors (Lipinski definition) is 1. The van der Waals surface area contributed by atoms with Crippen molar-refractivity contribution in [3.8, 4) is 0 Å². The summed E-state index contributed by atoms with van der Waals surface area (Å²) in [5, 5.41) is 9.93. The summed E-state index contributed by atoms with van der Waals surface area (Å²) in [6.45, 7) is 0. The maximum Gasteiger partial charge on any atom is 2.00 e. The topological polar surface area (TPSA) is 20.2 Å². The van der Waals surface area contributed by atoms with Gasteiger partial charge in [0.25, 0.3) is 0 Å². The van der Waals surface area contributed by atoms with Crippen molar-refractivity contribution in [2.45, 2.75) is 31.8 Å². The fraction of sp³-hybridized carbons (Fsp3) is 0.217. The Morgan fingerprint density at radius 2 is 1.40 bits per heavy atom. The van der Waals surface area contributed by atoms with Gasteiger partial charge < -0.3 is 5.11 Å². The molecule has 1 aromatic rings. The van der Waals surface area contributed by atoms with Crippen molar-refractivity contribution in [3.05, 3.63) is 106 Å². The van der Waals surface area contributed by atoms with E-state index in [1.54, 1.807) is 0 Å². The third-order valence-electron chi connectivity index (χ3n) is 3.84. The van der Waals surface area contributed by atoms with Crippen LogP contribution in [0.1, 0.15) is 31.2 Å². The average molecular weight is 374 g/mol. The fourth-order valence-corrected chi connectivity index (χ4v) is 2.48. The van der Waals surface area contributed by atoms with Crippen molar-refractivity contribution in [3.63, 3.8) is 0 Å². The van der Waals surface area contributed by atoms with Gasteiger partial charge in [0.05, 0.1) is 6.10 Å². The van der Waals surface area contributed by atoms with Gasteiger partial charge >= 0.3 is 17.1 Å². The zero-order valence-electron chi connectivity index (χ0n) is 14.4. The molecule has 0 bridgehead atoms.